The first-order valence-corrected chi connectivity index (χ1v) is 5.87. The van der Waals surface area contributed by atoms with Crippen molar-refractivity contribution in [2.24, 2.45) is 0 Å². The maximum atomic E-state index is 13.3. The van der Waals surface area contributed by atoms with Crippen molar-refractivity contribution < 1.29 is 4.39 Å². The van der Waals surface area contributed by atoms with Crippen molar-refractivity contribution in [3.63, 3.8) is 0 Å². The third kappa shape index (κ3) is 4.34. The van der Waals surface area contributed by atoms with Crippen LogP contribution in [-0.2, 0) is 6.54 Å². The number of hydrogen-bond donors (Lipinski definition) is 1. The van der Waals surface area contributed by atoms with Gasteiger partial charge < -0.3 is 10.2 Å². The molecule has 0 atom stereocenters. The van der Waals surface area contributed by atoms with Crippen LogP contribution in [0.1, 0.15) is 26.3 Å². The zero-order valence-electron chi connectivity index (χ0n) is 11.4. The van der Waals surface area contributed by atoms with E-state index >= 15 is 0 Å². The summed E-state index contributed by atoms with van der Waals surface area (Å²) in [5, 5.41) is 3.32. The second-order valence-corrected chi connectivity index (χ2v) is 5.30. The topological polar surface area (TPSA) is 28.2 Å². The molecule has 0 aliphatic rings. The van der Waals surface area contributed by atoms with Gasteiger partial charge in [-0.2, -0.15) is 0 Å². The molecule has 1 aromatic heterocycles. The molecule has 0 saturated carbocycles. The number of hydrogen-bond acceptors (Lipinski definition) is 3. The zero-order valence-corrected chi connectivity index (χ0v) is 11.4. The third-order valence-corrected chi connectivity index (χ3v) is 2.41. The minimum absolute atomic E-state index is 0.0335. The number of aromatic nitrogens is 1. The first kappa shape index (κ1) is 14.5. The van der Waals surface area contributed by atoms with E-state index in [9.17, 15) is 4.39 Å². The summed E-state index contributed by atoms with van der Waals surface area (Å²) >= 11 is 0. The SMILES string of the molecule is C#CCN(C)c1ncc(F)cc1CNC(C)(C)C. The van der Waals surface area contributed by atoms with E-state index in [4.69, 9.17) is 6.42 Å². The fraction of sp³-hybridized carbons (Fsp3) is 0.500. The molecule has 3 nitrogen and oxygen atoms in total. The van der Waals surface area contributed by atoms with Crippen LogP contribution in [0.3, 0.4) is 0 Å². The van der Waals surface area contributed by atoms with Crippen LogP contribution in [0.2, 0.25) is 0 Å². The Hall–Kier alpha value is -1.60. The summed E-state index contributed by atoms with van der Waals surface area (Å²) in [7, 11) is 1.85. The molecule has 0 spiro atoms. The Morgan fingerprint density at radius 3 is 2.72 bits per heavy atom. The quantitative estimate of drug-likeness (QED) is 0.829. The molecule has 18 heavy (non-hydrogen) atoms. The number of pyridine rings is 1. The maximum Gasteiger partial charge on any atom is 0.141 e. The lowest BCUT2D eigenvalue weighted by atomic mass is 10.1. The maximum absolute atomic E-state index is 13.3. The number of halogens is 1. The number of nitrogens with one attached hydrogen (secondary N) is 1. The predicted octanol–water partition coefficient (Wildman–Crippen LogP) is 2.18. The summed E-state index contributed by atoms with van der Waals surface area (Å²) in [6.07, 6.45) is 6.49. The summed E-state index contributed by atoms with van der Waals surface area (Å²) < 4.78 is 13.3. The molecule has 0 radical (unpaired) electrons. The Balaban J connectivity index is 2.94. The van der Waals surface area contributed by atoms with Gasteiger partial charge >= 0.3 is 0 Å². The molecule has 0 saturated heterocycles. The minimum Gasteiger partial charge on any atom is -0.348 e. The van der Waals surface area contributed by atoms with Gasteiger partial charge in [-0.1, -0.05) is 5.92 Å². The average Bonchev–Trinajstić information content (AvgIpc) is 2.25. The molecular weight excluding hydrogens is 229 g/mol. The standard InChI is InChI=1S/C14H20FN3/c1-6-7-18(5)13-11(8-12(15)10-16-13)9-17-14(2,3)4/h1,8,10,17H,7,9H2,2-5H3. The van der Waals surface area contributed by atoms with Crippen molar-refractivity contribution in [1.82, 2.24) is 10.3 Å². The Morgan fingerprint density at radius 2 is 2.17 bits per heavy atom. The van der Waals surface area contributed by atoms with Gasteiger partial charge in [-0.05, 0) is 26.8 Å². The monoisotopic (exact) mass is 249 g/mol. The lowest BCUT2D eigenvalue weighted by Gasteiger charge is -2.23. The van der Waals surface area contributed by atoms with Crippen molar-refractivity contribution in [2.75, 3.05) is 18.5 Å². The lowest BCUT2D eigenvalue weighted by molar-refractivity contribution is 0.423. The smallest absolute Gasteiger partial charge is 0.141 e. The number of anilines is 1. The molecule has 1 N–H and O–H groups in total. The summed E-state index contributed by atoms with van der Waals surface area (Å²) in [6, 6.07) is 1.49. The van der Waals surface area contributed by atoms with Crippen LogP contribution < -0.4 is 10.2 Å². The first-order chi connectivity index (χ1) is 8.33. The van der Waals surface area contributed by atoms with E-state index in [1.807, 2.05) is 11.9 Å². The van der Waals surface area contributed by atoms with Crippen molar-refractivity contribution in [3.8, 4) is 12.3 Å². The third-order valence-electron chi connectivity index (χ3n) is 2.41. The largest absolute Gasteiger partial charge is 0.348 e. The highest BCUT2D eigenvalue weighted by Gasteiger charge is 2.13. The molecule has 0 aliphatic carbocycles. The highest BCUT2D eigenvalue weighted by atomic mass is 19.1. The molecule has 1 heterocycles. The lowest BCUT2D eigenvalue weighted by Crippen LogP contribution is -2.35. The average molecular weight is 249 g/mol. The molecule has 0 unspecified atom stereocenters. The van der Waals surface area contributed by atoms with Crippen LogP contribution in [0.4, 0.5) is 10.2 Å². The van der Waals surface area contributed by atoms with Gasteiger partial charge in [-0.15, -0.1) is 6.42 Å². The van der Waals surface area contributed by atoms with Gasteiger partial charge in [0.15, 0.2) is 0 Å². The van der Waals surface area contributed by atoms with Crippen molar-refractivity contribution >= 4 is 5.82 Å². The van der Waals surface area contributed by atoms with Gasteiger partial charge in [0, 0.05) is 24.7 Å². The second-order valence-electron chi connectivity index (χ2n) is 5.30. The summed E-state index contributed by atoms with van der Waals surface area (Å²) in [5.74, 6) is 2.93. The molecular formula is C14H20FN3. The highest BCUT2D eigenvalue weighted by Crippen LogP contribution is 2.18. The van der Waals surface area contributed by atoms with E-state index in [2.05, 4.69) is 37.0 Å². The van der Waals surface area contributed by atoms with Crippen molar-refractivity contribution in [3.05, 3.63) is 23.6 Å². The fourth-order valence-corrected chi connectivity index (χ4v) is 1.52. The molecule has 98 valence electrons. The van der Waals surface area contributed by atoms with Crippen LogP contribution in [0.25, 0.3) is 0 Å². The molecule has 0 bridgehead atoms. The Bertz CT molecular complexity index is 443. The fourth-order valence-electron chi connectivity index (χ4n) is 1.52. The summed E-state index contributed by atoms with van der Waals surface area (Å²) in [5.41, 5.74) is 0.775. The van der Waals surface area contributed by atoms with E-state index in [1.54, 1.807) is 0 Å². The predicted molar refractivity (Wildman–Crippen MR) is 72.9 cm³/mol. The van der Waals surface area contributed by atoms with E-state index in [1.165, 1.54) is 12.3 Å². The minimum atomic E-state index is -0.335. The molecule has 0 amide bonds. The second kappa shape index (κ2) is 5.83. The van der Waals surface area contributed by atoms with Crippen molar-refractivity contribution in [2.45, 2.75) is 32.9 Å². The summed E-state index contributed by atoms with van der Waals surface area (Å²) in [4.78, 5) is 5.95. The molecule has 1 rings (SSSR count). The Labute approximate surface area is 108 Å². The number of nitrogens with zero attached hydrogens (tertiary/aromatic N) is 2. The molecule has 1 aromatic rings. The molecule has 0 fully saturated rings. The molecule has 4 heteroatoms. The molecule has 0 aliphatic heterocycles. The van der Waals surface area contributed by atoms with Crippen LogP contribution in [0.15, 0.2) is 12.3 Å². The van der Waals surface area contributed by atoms with Crippen LogP contribution in [-0.4, -0.2) is 24.1 Å². The zero-order chi connectivity index (χ0) is 13.8. The number of rotatable bonds is 4. The van der Waals surface area contributed by atoms with Gasteiger partial charge in [0.05, 0.1) is 12.7 Å². The van der Waals surface area contributed by atoms with E-state index in [-0.39, 0.29) is 11.4 Å². The Kier molecular flexibility index (Phi) is 4.69. The van der Waals surface area contributed by atoms with Gasteiger partial charge in [-0.25, -0.2) is 9.37 Å². The van der Waals surface area contributed by atoms with Crippen molar-refractivity contribution in [1.29, 1.82) is 0 Å². The van der Waals surface area contributed by atoms with Crippen LogP contribution in [0, 0.1) is 18.2 Å². The van der Waals surface area contributed by atoms with Crippen LogP contribution >= 0.6 is 0 Å². The highest BCUT2D eigenvalue weighted by molar-refractivity contribution is 5.47. The van der Waals surface area contributed by atoms with E-state index in [0.717, 1.165) is 5.56 Å². The number of terminal acetylenes is 1. The van der Waals surface area contributed by atoms with Gasteiger partial charge in [0.1, 0.15) is 11.6 Å². The van der Waals surface area contributed by atoms with Gasteiger partial charge in [0.2, 0.25) is 0 Å². The van der Waals surface area contributed by atoms with E-state index in [0.29, 0.717) is 18.9 Å². The van der Waals surface area contributed by atoms with Crippen LogP contribution in [0.5, 0.6) is 0 Å². The summed E-state index contributed by atoms with van der Waals surface area (Å²) in [6.45, 7) is 7.18. The Morgan fingerprint density at radius 1 is 1.50 bits per heavy atom. The van der Waals surface area contributed by atoms with Gasteiger partial charge in [-0.3, -0.25) is 0 Å². The van der Waals surface area contributed by atoms with Gasteiger partial charge in [0.25, 0.3) is 0 Å². The van der Waals surface area contributed by atoms with E-state index < -0.39 is 0 Å². The normalized spacial score (nSPS) is 11.1. The first-order valence-electron chi connectivity index (χ1n) is 5.87. The molecule has 0 aromatic carbocycles.